The molecule has 1 aliphatic carbocycles. The lowest BCUT2D eigenvalue weighted by molar-refractivity contribution is -0.124. The Labute approximate surface area is 143 Å². The van der Waals surface area contributed by atoms with Gasteiger partial charge in [-0.15, -0.1) is 0 Å². The minimum atomic E-state index is -0.240. The van der Waals surface area contributed by atoms with Gasteiger partial charge in [0.25, 0.3) is 0 Å². The summed E-state index contributed by atoms with van der Waals surface area (Å²) in [4.78, 5) is 19.1. The van der Waals surface area contributed by atoms with Crippen LogP contribution in [0.2, 0.25) is 0 Å². The van der Waals surface area contributed by atoms with E-state index in [9.17, 15) is 9.90 Å². The molecular weight excluding hydrogens is 304 g/mol. The summed E-state index contributed by atoms with van der Waals surface area (Å²) in [6.07, 6.45) is 5.14. The molecule has 1 aliphatic heterocycles. The highest BCUT2D eigenvalue weighted by Crippen LogP contribution is 2.37. The first-order chi connectivity index (χ1) is 11.6. The smallest absolute Gasteiger partial charge is 0.234 e. The van der Waals surface area contributed by atoms with Crippen molar-refractivity contribution >= 4 is 5.91 Å². The summed E-state index contributed by atoms with van der Waals surface area (Å²) < 4.78 is 0. The lowest BCUT2D eigenvalue weighted by atomic mass is 9.76. The van der Waals surface area contributed by atoms with Crippen LogP contribution in [0.1, 0.15) is 37.4 Å². The molecule has 2 aliphatic rings. The van der Waals surface area contributed by atoms with Crippen LogP contribution in [0, 0.1) is 5.92 Å². The Morgan fingerprint density at radius 1 is 1.42 bits per heavy atom. The van der Waals surface area contributed by atoms with E-state index in [0.717, 1.165) is 44.5 Å². The molecule has 2 fully saturated rings. The number of amides is 1. The highest BCUT2D eigenvalue weighted by Gasteiger charge is 2.36. The quantitative estimate of drug-likeness (QED) is 0.715. The summed E-state index contributed by atoms with van der Waals surface area (Å²) in [6.45, 7) is 2.45. The molecule has 3 N–H and O–H groups in total. The number of aliphatic hydroxyl groups is 1. The Bertz CT molecular complexity index is 527. The lowest BCUT2D eigenvalue weighted by Crippen LogP contribution is -2.48. The van der Waals surface area contributed by atoms with Crippen LogP contribution in [0.3, 0.4) is 0 Å². The number of nitrogens with zero attached hydrogens (tertiary/aromatic N) is 2. The first kappa shape index (κ1) is 17.3. The Hall–Kier alpha value is -1.50. The molecule has 1 saturated carbocycles. The van der Waals surface area contributed by atoms with Gasteiger partial charge in [-0.1, -0.05) is 6.07 Å². The van der Waals surface area contributed by atoms with Crippen molar-refractivity contribution in [2.75, 3.05) is 26.7 Å². The van der Waals surface area contributed by atoms with Gasteiger partial charge in [0.2, 0.25) is 5.91 Å². The maximum Gasteiger partial charge on any atom is 0.234 e. The van der Waals surface area contributed by atoms with E-state index in [1.54, 1.807) is 6.20 Å². The standard InChI is InChI=1S/C18H28N4O2/c1-22(14-5-8-19-9-6-14)12-17(24)21-18(13-10-15(23)11-13)16-4-2-3-7-20-16/h2-4,7,13-15,18-19,23H,5-6,8-12H2,1H3,(H,21,24)/t13?,15?,18-/m0/s1. The van der Waals surface area contributed by atoms with E-state index in [-0.39, 0.29) is 24.0 Å². The molecule has 2 heterocycles. The average molecular weight is 332 g/mol. The summed E-state index contributed by atoms with van der Waals surface area (Å²) in [5.41, 5.74) is 0.882. The molecule has 1 amide bonds. The third-order valence-corrected chi connectivity index (χ3v) is 5.27. The molecule has 1 aromatic heterocycles. The van der Waals surface area contributed by atoms with Gasteiger partial charge < -0.3 is 15.7 Å². The second kappa shape index (κ2) is 8.05. The number of aromatic nitrogens is 1. The number of likely N-dealkylation sites (N-methyl/N-ethyl adjacent to an activating group) is 1. The zero-order chi connectivity index (χ0) is 16.9. The second-order valence-electron chi connectivity index (χ2n) is 7.08. The molecule has 6 nitrogen and oxygen atoms in total. The highest BCUT2D eigenvalue weighted by atomic mass is 16.3. The number of carbonyl (C=O) groups excluding carboxylic acids is 1. The van der Waals surface area contributed by atoms with Crippen LogP contribution in [-0.4, -0.2) is 59.7 Å². The SMILES string of the molecule is CN(CC(=O)N[C@H](c1ccccn1)C1CC(O)C1)C1CCNCC1. The topological polar surface area (TPSA) is 77.5 Å². The molecule has 1 saturated heterocycles. The molecule has 0 unspecified atom stereocenters. The summed E-state index contributed by atoms with van der Waals surface area (Å²) in [5, 5.41) is 16.1. The number of hydrogen-bond acceptors (Lipinski definition) is 5. The van der Waals surface area contributed by atoms with Gasteiger partial charge in [-0.25, -0.2) is 0 Å². The van der Waals surface area contributed by atoms with Crippen molar-refractivity contribution in [2.45, 2.75) is 43.9 Å². The second-order valence-corrected chi connectivity index (χ2v) is 7.08. The monoisotopic (exact) mass is 332 g/mol. The fourth-order valence-electron chi connectivity index (χ4n) is 3.72. The van der Waals surface area contributed by atoms with E-state index < -0.39 is 0 Å². The normalized spacial score (nSPS) is 26.0. The highest BCUT2D eigenvalue weighted by molar-refractivity contribution is 5.78. The minimum Gasteiger partial charge on any atom is -0.393 e. The molecule has 1 atom stereocenters. The van der Waals surface area contributed by atoms with Crippen molar-refractivity contribution in [2.24, 2.45) is 5.92 Å². The molecule has 0 bridgehead atoms. The minimum absolute atomic E-state index is 0.0353. The number of nitrogens with one attached hydrogen (secondary N) is 2. The van der Waals surface area contributed by atoms with Crippen LogP contribution in [0.15, 0.2) is 24.4 Å². The van der Waals surface area contributed by atoms with Gasteiger partial charge in [-0.2, -0.15) is 0 Å². The van der Waals surface area contributed by atoms with Gasteiger partial charge >= 0.3 is 0 Å². The molecule has 0 aromatic carbocycles. The summed E-state index contributed by atoms with van der Waals surface area (Å²) >= 11 is 0. The molecule has 132 valence electrons. The lowest BCUT2D eigenvalue weighted by Gasteiger charge is -2.38. The molecular formula is C18H28N4O2. The van der Waals surface area contributed by atoms with Crippen molar-refractivity contribution in [3.8, 4) is 0 Å². The number of pyridine rings is 1. The Morgan fingerprint density at radius 2 is 2.17 bits per heavy atom. The number of carbonyl (C=O) groups is 1. The Kier molecular flexibility index (Phi) is 5.81. The van der Waals surface area contributed by atoms with E-state index in [1.165, 1.54) is 0 Å². The fourth-order valence-corrected chi connectivity index (χ4v) is 3.72. The van der Waals surface area contributed by atoms with E-state index >= 15 is 0 Å². The van der Waals surface area contributed by atoms with E-state index in [0.29, 0.717) is 12.6 Å². The third-order valence-electron chi connectivity index (χ3n) is 5.27. The molecule has 0 radical (unpaired) electrons. The van der Waals surface area contributed by atoms with Crippen LogP contribution < -0.4 is 10.6 Å². The van der Waals surface area contributed by atoms with E-state index in [2.05, 4.69) is 20.5 Å². The van der Waals surface area contributed by atoms with Gasteiger partial charge in [-0.05, 0) is 63.9 Å². The van der Waals surface area contributed by atoms with Crippen molar-refractivity contribution in [3.63, 3.8) is 0 Å². The number of aliphatic hydroxyl groups excluding tert-OH is 1. The molecule has 24 heavy (non-hydrogen) atoms. The van der Waals surface area contributed by atoms with Crippen LogP contribution in [-0.2, 0) is 4.79 Å². The van der Waals surface area contributed by atoms with Gasteiger partial charge in [0, 0.05) is 12.2 Å². The molecule has 3 rings (SSSR count). The van der Waals surface area contributed by atoms with E-state index in [1.807, 2.05) is 25.2 Å². The van der Waals surface area contributed by atoms with Crippen molar-refractivity contribution in [1.82, 2.24) is 20.5 Å². The van der Waals surface area contributed by atoms with Crippen LogP contribution in [0.5, 0.6) is 0 Å². The first-order valence-electron chi connectivity index (χ1n) is 8.93. The zero-order valence-electron chi connectivity index (χ0n) is 14.3. The van der Waals surface area contributed by atoms with Crippen LogP contribution in [0.25, 0.3) is 0 Å². The van der Waals surface area contributed by atoms with E-state index in [4.69, 9.17) is 0 Å². The van der Waals surface area contributed by atoms with Gasteiger partial charge in [0.1, 0.15) is 0 Å². The van der Waals surface area contributed by atoms with Gasteiger partial charge in [0.15, 0.2) is 0 Å². The first-order valence-corrected chi connectivity index (χ1v) is 8.93. The number of hydrogen-bond donors (Lipinski definition) is 3. The molecule has 6 heteroatoms. The van der Waals surface area contributed by atoms with Gasteiger partial charge in [-0.3, -0.25) is 14.7 Å². The summed E-state index contributed by atoms with van der Waals surface area (Å²) in [6, 6.07) is 6.13. The zero-order valence-corrected chi connectivity index (χ0v) is 14.3. The predicted molar refractivity (Wildman–Crippen MR) is 92.4 cm³/mol. The van der Waals surface area contributed by atoms with Crippen molar-refractivity contribution < 1.29 is 9.90 Å². The van der Waals surface area contributed by atoms with Crippen molar-refractivity contribution in [3.05, 3.63) is 30.1 Å². The van der Waals surface area contributed by atoms with Crippen LogP contribution >= 0.6 is 0 Å². The average Bonchev–Trinajstić information content (AvgIpc) is 2.59. The Morgan fingerprint density at radius 3 is 2.79 bits per heavy atom. The number of rotatable bonds is 6. The largest absolute Gasteiger partial charge is 0.393 e. The van der Waals surface area contributed by atoms with Gasteiger partial charge in [0.05, 0.1) is 24.4 Å². The fraction of sp³-hybridized carbons (Fsp3) is 0.667. The maximum atomic E-state index is 12.5. The predicted octanol–water partition coefficient (Wildman–Crippen LogP) is 0.694. The Balaban J connectivity index is 1.58. The summed E-state index contributed by atoms with van der Waals surface area (Å²) in [5.74, 6) is 0.302. The third kappa shape index (κ3) is 4.32. The van der Waals surface area contributed by atoms with Crippen LogP contribution in [0.4, 0.5) is 0 Å². The summed E-state index contributed by atoms with van der Waals surface area (Å²) in [7, 11) is 2.03. The molecule has 0 spiro atoms. The maximum absolute atomic E-state index is 12.5. The molecule has 1 aromatic rings. The number of piperidine rings is 1. The van der Waals surface area contributed by atoms with Crippen molar-refractivity contribution in [1.29, 1.82) is 0 Å².